The number of aliphatic hydroxyl groups excluding tert-OH is 1. The number of hydrogen-bond donors (Lipinski definition) is 2. The van der Waals surface area contributed by atoms with Gasteiger partial charge in [-0.3, -0.25) is 0 Å². The summed E-state index contributed by atoms with van der Waals surface area (Å²) in [6.07, 6.45) is 6.19. The van der Waals surface area contributed by atoms with E-state index in [1.54, 1.807) is 14.0 Å². The maximum atomic E-state index is 12.0. The summed E-state index contributed by atoms with van der Waals surface area (Å²) in [5, 5.41) is 9.11. The van der Waals surface area contributed by atoms with Gasteiger partial charge in [0.2, 0.25) is 0 Å². The van der Waals surface area contributed by atoms with Crippen molar-refractivity contribution in [1.29, 1.82) is 0 Å². The summed E-state index contributed by atoms with van der Waals surface area (Å²) < 4.78 is 28.1. The van der Waals surface area contributed by atoms with Crippen molar-refractivity contribution >= 4 is 10.2 Å². The van der Waals surface area contributed by atoms with Crippen molar-refractivity contribution in [3.63, 3.8) is 0 Å². The summed E-state index contributed by atoms with van der Waals surface area (Å²) in [6, 6.07) is -0.130. The minimum atomic E-state index is -3.41. The Morgan fingerprint density at radius 1 is 1.33 bits per heavy atom. The van der Waals surface area contributed by atoms with Crippen LogP contribution in [-0.2, 0) is 10.2 Å². The lowest BCUT2D eigenvalue weighted by atomic mass is 9.83. The van der Waals surface area contributed by atoms with Crippen LogP contribution in [0.5, 0.6) is 0 Å². The highest BCUT2D eigenvalue weighted by Crippen LogP contribution is 2.28. The monoisotopic (exact) mass is 278 g/mol. The number of hydrogen-bond acceptors (Lipinski definition) is 3. The molecule has 0 bridgehead atoms. The topological polar surface area (TPSA) is 69.6 Å². The van der Waals surface area contributed by atoms with Crippen molar-refractivity contribution in [2.45, 2.75) is 51.5 Å². The van der Waals surface area contributed by atoms with E-state index in [1.807, 2.05) is 0 Å². The molecule has 1 fully saturated rings. The predicted octanol–water partition coefficient (Wildman–Crippen LogP) is 1.10. The molecule has 0 aromatic heterocycles. The summed E-state index contributed by atoms with van der Waals surface area (Å²) in [5.41, 5.74) is 0. The summed E-state index contributed by atoms with van der Waals surface area (Å²) in [6.45, 7) is 2.28. The Balaban J connectivity index is 2.67. The average Bonchev–Trinajstić information content (AvgIpc) is 2.38. The molecular formula is C12H26N2O3S. The van der Waals surface area contributed by atoms with Crippen LogP contribution in [0.15, 0.2) is 0 Å². The number of rotatable bonds is 7. The van der Waals surface area contributed by atoms with Crippen molar-refractivity contribution in [3.8, 4) is 0 Å². The third-order valence-electron chi connectivity index (χ3n) is 3.81. The van der Waals surface area contributed by atoms with Crippen LogP contribution in [0.4, 0.5) is 0 Å². The van der Waals surface area contributed by atoms with Crippen LogP contribution in [0.2, 0.25) is 0 Å². The quantitative estimate of drug-likeness (QED) is 0.733. The molecule has 0 amide bonds. The van der Waals surface area contributed by atoms with Crippen molar-refractivity contribution < 1.29 is 13.5 Å². The fraction of sp³-hybridized carbons (Fsp3) is 1.00. The van der Waals surface area contributed by atoms with Crippen LogP contribution in [0.25, 0.3) is 0 Å². The summed E-state index contributed by atoms with van der Waals surface area (Å²) >= 11 is 0. The van der Waals surface area contributed by atoms with Gasteiger partial charge >= 0.3 is 0 Å². The van der Waals surface area contributed by atoms with E-state index in [9.17, 15) is 8.42 Å². The summed E-state index contributed by atoms with van der Waals surface area (Å²) in [5.74, 6) is 0.367. The molecule has 0 aromatic carbocycles. The molecule has 6 heteroatoms. The van der Waals surface area contributed by atoms with Crippen LogP contribution in [0, 0.1) is 5.92 Å². The Morgan fingerprint density at radius 3 is 2.44 bits per heavy atom. The minimum absolute atomic E-state index is 0.0273. The molecule has 5 nitrogen and oxygen atoms in total. The SMILES string of the molecule is CCN(C)S(=O)(=O)NC(CCO)C1CCCCC1. The average molecular weight is 278 g/mol. The Hall–Kier alpha value is -0.170. The second-order valence-corrected chi connectivity index (χ2v) is 6.86. The van der Waals surface area contributed by atoms with Gasteiger partial charge in [-0.05, 0) is 25.2 Å². The minimum Gasteiger partial charge on any atom is -0.396 e. The van der Waals surface area contributed by atoms with Crippen molar-refractivity contribution in [1.82, 2.24) is 9.03 Å². The zero-order valence-corrected chi connectivity index (χ0v) is 12.2. The molecule has 0 radical (unpaired) electrons. The normalized spacial score (nSPS) is 20.2. The lowest BCUT2D eigenvalue weighted by Gasteiger charge is -2.31. The molecule has 18 heavy (non-hydrogen) atoms. The molecule has 0 aromatic rings. The van der Waals surface area contributed by atoms with Gasteiger partial charge in [0.25, 0.3) is 10.2 Å². The molecule has 0 saturated heterocycles. The molecule has 0 aliphatic heterocycles. The van der Waals surface area contributed by atoms with E-state index >= 15 is 0 Å². The van der Waals surface area contributed by atoms with E-state index in [1.165, 1.54) is 10.7 Å². The van der Waals surface area contributed by atoms with Gasteiger partial charge in [-0.25, -0.2) is 0 Å². The van der Waals surface area contributed by atoms with Gasteiger partial charge in [-0.15, -0.1) is 0 Å². The molecule has 1 aliphatic carbocycles. The summed E-state index contributed by atoms with van der Waals surface area (Å²) in [4.78, 5) is 0. The van der Waals surface area contributed by atoms with E-state index in [0.717, 1.165) is 25.7 Å². The van der Waals surface area contributed by atoms with Gasteiger partial charge in [-0.2, -0.15) is 17.4 Å². The molecule has 108 valence electrons. The van der Waals surface area contributed by atoms with Gasteiger partial charge in [0.15, 0.2) is 0 Å². The number of nitrogens with zero attached hydrogens (tertiary/aromatic N) is 1. The summed E-state index contributed by atoms with van der Waals surface area (Å²) in [7, 11) is -1.84. The van der Waals surface area contributed by atoms with Crippen LogP contribution in [0.1, 0.15) is 45.4 Å². The van der Waals surface area contributed by atoms with Gasteiger partial charge < -0.3 is 5.11 Å². The van der Waals surface area contributed by atoms with Gasteiger partial charge in [-0.1, -0.05) is 26.2 Å². The first kappa shape index (κ1) is 15.9. The first-order valence-corrected chi connectivity index (χ1v) is 8.29. The van der Waals surface area contributed by atoms with Crippen molar-refractivity contribution in [3.05, 3.63) is 0 Å². The van der Waals surface area contributed by atoms with E-state index in [2.05, 4.69) is 4.72 Å². The van der Waals surface area contributed by atoms with E-state index in [-0.39, 0.29) is 12.6 Å². The largest absolute Gasteiger partial charge is 0.396 e. The molecule has 1 atom stereocenters. The van der Waals surface area contributed by atoms with E-state index in [0.29, 0.717) is 18.9 Å². The molecule has 0 heterocycles. The zero-order chi connectivity index (χ0) is 13.6. The molecule has 1 rings (SSSR count). The highest BCUT2D eigenvalue weighted by Gasteiger charge is 2.28. The first-order valence-electron chi connectivity index (χ1n) is 6.85. The van der Waals surface area contributed by atoms with Gasteiger partial charge in [0, 0.05) is 26.2 Å². The van der Waals surface area contributed by atoms with Crippen LogP contribution in [0.3, 0.4) is 0 Å². The first-order chi connectivity index (χ1) is 8.51. The maximum Gasteiger partial charge on any atom is 0.279 e. The molecule has 1 aliphatic rings. The standard InChI is InChI=1S/C12H26N2O3S/c1-3-14(2)18(16,17)13-12(9-10-15)11-7-5-4-6-8-11/h11-13,15H,3-10H2,1-2H3. The Morgan fingerprint density at radius 2 is 1.94 bits per heavy atom. The maximum absolute atomic E-state index is 12.0. The second kappa shape index (κ2) is 7.43. The molecular weight excluding hydrogens is 252 g/mol. The molecule has 2 N–H and O–H groups in total. The van der Waals surface area contributed by atoms with E-state index in [4.69, 9.17) is 5.11 Å². The Bertz CT molecular complexity index is 326. The molecule has 1 unspecified atom stereocenters. The smallest absolute Gasteiger partial charge is 0.279 e. The highest BCUT2D eigenvalue weighted by atomic mass is 32.2. The fourth-order valence-corrected chi connectivity index (χ4v) is 3.73. The number of aliphatic hydroxyl groups is 1. The molecule has 1 saturated carbocycles. The van der Waals surface area contributed by atoms with Crippen molar-refractivity contribution in [2.24, 2.45) is 5.92 Å². The van der Waals surface area contributed by atoms with Crippen LogP contribution in [-0.4, -0.2) is 44.1 Å². The highest BCUT2D eigenvalue weighted by molar-refractivity contribution is 7.87. The third kappa shape index (κ3) is 4.50. The van der Waals surface area contributed by atoms with E-state index < -0.39 is 10.2 Å². The Kier molecular flexibility index (Phi) is 6.55. The molecule has 0 spiro atoms. The van der Waals surface area contributed by atoms with Gasteiger partial charge in [0.1, 0.15) is 0 Å². The lowest BCUT2D eigenvalue weighted by molar-refractivity contribution is 0.219. The second-order valence-electron chi connectivity index (χ2n) is 5.05. The van der Waals surface area contributed by atoms with Crippen LogP contribution >= 0.6 is 0 Å². The van der Waals surface area contributed by atoms with Crippen LogP contribution < -0.4 is 4.72 Å². The number of nitrogens with one attached hydrogen (secondary N) is 1. The Labute approximate surface area is 111 Å². The van der Waals surface area contributed by atoms with Crippen molar-refractivity contribution in [2.75, 3.05) is 20.2 Å². The third-order valence-corrected chi connectivity index (χ3v) is 5.49. The fourth-order valence-electron chi connectivity index (χ4n) is 2.52. The predicted molar refractivity (Wildman–Crippen MR) is 72.4 cm³/mol. The zero-order valence-electron chi connectivity index (χ0n) is 11.4. The van der Waals surface area contributed by atoms with Gasteiger partial charge in [0.05, 0.1) is 0 Å². The lowest BCUT2D eigenvalue weighted by Crippen LogP contribution is -2.47.